The lowest BCUT2D eigenvalue weighted by Crippen LogP contribution is -2.01. The van der Waals surface area contributed by atoms with Crippen LogP contribution in [0.5, 0.6) is 0 Å². The van der Waals surface area contributed by atoms with Crippen LogP contribution in [0.15, 0.2) is 41.6 Å². The number of nitrogens with zero attached hydrogens (tertiary/aromatic N) is 1. The van der Waals surface area contributed by atoms with Crippen LogP contribution in [0.2, 0.25) is 5.82 Å². The van der Waals surface area contributed by atoms with E-state index in [9.17, 15) is 0 Å². The van der Waals surface area contributed by atoms with Crippen LogP contribution >= 0.6 is 0 Å². The van der Waals surface area contributed by atoms with Gasteiger partial charge in [0.15, 0.2) is 0 Å². The van der Waals surface area contributed by atoms with Crippen LogP contribution in [0.25, 0.3) is 0 Å². The molecule has 0 fully saturated rings. The summed E-state index contributed by atoms with van der Waals surface area (Å²) in [6, 6.07) is 0. The van der Waals surface area contributed by atoms with Crippen LogP contribution < -0.4 is 0 Å². The van der Waals surface area contributed by atoms with Gasteiger partial charge < -0.3 is 0 Å². The molecule has 2 heteroatoms. The molecule has 0 aromatic carbocycles. The van der Waals surface area contributed by atoms with Crippen LogP contribution in [-0.4, -0.2) is 13.6 Å². The van der Waals surface area contributed by atoms with Gasteiger partial charge in [0, 0.05) is 11.4 Å². The Morgan fingerprint density at radius 1 is 1.53 bits per heavy atom. The zero-order valence-corrected chi connectivity index (χ0v) is 10.1. The van der Waals surface area contributed by atoms with Crippen molar-refractivity contribution in [3.05, 3.63) is 36.6 Å². The lowest BCUT2D eigenvalue weighted by Gasteiger charge is -2.10. The smallest absolute Gasteiger partial charge is 0.0759 e. The van der Waals surface area contributed by atoms with Crippen molar-refractivity contribution in [2.45, 2.75) is 39.4 Å². The summed E-state index contributed by atoms with van der Waals surface area (Å²) in [7, 11) is 5.81. The van der Waals surface area contributed by atoms with Gasteiger partial charge in [0.2, 0.25) is 0 Å². The van der Waals surface area contributed by atoms with Crippen molar-refractivity contribution in [2.75, 3.05) is 0 Å². The number of hydrogen-bond acceptors (Lipinski definition) is 1. The highest BCUT2D eigenvalue weighted by molar-refractivity contribution is 6.13. The van der Waals surface area contributed by atoms with Crippen molar-refractivity contribution in [1.82, 2.24) is 0 Å². The van der Waals surface area contributed by atoms with E-state index >= 15 is 0 Å². The van der Waals surface area contributed by atoms with Crippen molar-refractivity contribution in [3.63, 3.8) is 0 Å². The first-order chi connectivity index (χ1) is 7.04. The molecule has 0 aliphatic rings. The molecule has 0 heterocycles. The SMILES string of the molecule is [B]C(C=C)C/C(=C/C)C(C)=NC(=C)CC. The Kier molecular flexibility index (Phi) is 6.77. The van der Waals surface area contributed by atoms with Gasteiger partial charge in [0.05, 0.1) is 7.85 Å². The molecule has 0 saturated carbocycles. The highest BCUT2D eigenvalue weighted by atomic mass is 14.7. The molecule has 0 aliphatic carbocycles. The molecule has 0 aromatic rings. The first kappa shape index (κ1) is 14.0. The second-order valence-corrected chi connectivity index (χ2v) is 3.53. The molecule has 80 valence electrons. The molecule has 0 aliphatic heterocycles. The molecule has 1 unspecified atom stereocenters. The molecule has 1 nitrogen and oxygen atoms in total. The Morgan fingerprint density at radius 2 is 2.13 bits per heavy atom. The summed E-state index contributed by atoms with van der Waals surface area (Å²) >= 11 is 0. The molecule has 0 saturated heterocycles. The van der Waals surface area contributed by atoms with Gasteiger partial charge in [-0.1, -0.05) is 31.5 Å². The summed E-state index contributed by atoms with van der Waals surface area (Å²) < 4.78 is 0. The van der Waals surface area contributed by atoms with Crippen LogP contribution in [0, 0.1) is 0 Å². The summed E-state index contributed by atoms with van der Waals surface area (Å²) in [4.78, 5) is 4.42. The fourth-order valence-electron chi connectivity index (χ4n) is 1.20. The standard InChI is InChI=1S/C13H20BN/c1-6-10(4)15-11(5)12(7-2)9-13(14)8-3/h7-8,13H,3-4,6,9H2,1-2,5H3/b12-7-,15-11?. The third-order valence-electron chi connectivity index (χ3n) is 2.31. The molecule has 1 atom stereocenters. The van der Waals surface area contributed by atoms with Crippen LogP contribution in [0.4, 0.5) is 0 Å². The Labute approximate surface area is 95.1 Å². The van der Waals surface area contributed by atoms with Gasteiger partial charge in [0.25, 0.3) is 0 Å². The normalized spacial score (nSPS) is 14.9. The van der Waals surface area contributed by atoms with Crippen molar-refractivity contribution >= 4 is 13.6 Å². The molecule has 0 bridgehead atoms. The van der Waals surface area contributed by atoms with Crippen LogP contribution in [0.1, 0.15) is 33.6 Å². The summed E-state index contributed by atoms with van der Waals surface area (Å²) in [6.07, 6.45) is 5.46. The zero-order chi connectivity index (χ0) is 11.8. The fourth-order valence-corrected chi connectivity index (χ4v) is 1.20. The molecule has 0 spiro atoms. The molecular weight excluding hydrogens is 181 g/mol. The van der Waals surface area contributed by atoms with Gasteiger partial charge in [-0.3, -0.25) is 4.99 Å². The number of hydrogen-bond donors (Lipinski definition) is 0. The van der Waals surface area contributed by atoms with Crippen LogP contribution in [0.3, 0.4) is 0 Å². The Hall–Kier alpha value is -1.05. The molecule has 0 rings (SSSR count). The predicted octanol–water partition coefficient (Wildman–Crippen LogP) is 3.85. The van der Waals surface area contributed by atoms with Gasteiger partial charge in [-0.25, -0.2) is 0 Å². The first-order valence-corrected chi connectivity index (χ1v) is 5.31. The van der Waals surface area contributed by atoms with Crippen molar-refractivity contribution in [1.29, 1.82) is 0 Å². The Balaban J connectivity index is 4.62. The molecule has 0 aromatic heterocycles. The highest BCUT2D eigenvalue weighted by Crippen LogP contribution is 2.17. The van der Waals surface area contributed by atoms with Gasteiger partial charge in [-0.05, 0) is 32.3 Å². The van der Waals surface area contributed by atoms with E-state index in [0.29, 0.717) is 0 Å². The predicted molar refractivity (Wildman–Crippen MR) is 70.6 cm³/mol. The van der Waals surface area contributed by atoms with E-state index < -0.39 is 0 Å². The van der Waals surface area contributed by atoms with Crippen molar-refractivity contribution in [2.24, 2.45) is 4.99 Å². The summed E-state index contributed by atoms with van der Waals surface area (Å²) in [5, 5.41) is 0. The van der Waals surface area contributed by atoms with E-state index in [-0.39, 0.29) is 5.82 Å². The van der Waals surface area contributed by atoms with E-state index in [0.717, 1.165) is 29.8 Å². The van der Waals surface area contributed by atoms with Crippen LogP contribution in [-0.2, 0) is 0 Å². The number of rotatable bonds is 6. The summed E-state index contributed by atoms with van der Waals surface area (Å²) in [5.74, 6) is -0.00348. The number of aliphatic imine (C=N–C) groups is 1. The van der Waals surface area contributed by atoms with Gasteiger partial charge in [-0.15, -0.1) is 6.58 Å². The van der Waals surface area contributed by atoms with Gasteiger partial charge >= 0.3 is 0 Å². The second-order valence-electron chi connectivity index (χ2n) is 3.53. The fraction of sp³-hybridized carbons (Fsp3) is 0.462. The minimum Gasteiger partial charge on any atom is -0.259 e. The second kappa shape index (κ2) is 7.27. The lowest BCUT2D eigenvalue weighted by atomic mass is 9.81. The van der Waals surface area contributed by atoms with E-state index in [1.807, 2.05) is 26.8 Å². The topological polar surface area (TPSA) is 12.4 Å². The third-order valence-corrected chi connectivity index (χ3v) is 2.31. The minimum atomic E-state index is -0.00348. The van der Waals surface area contributed by atoms with E-state index in [1.165, 1.54) is 0 Å². The monoisotopic (exact) mass is 201 g/mol. The quantitative estimate of drug-likeness (QED) is 0.351. The van der Waals surface area contributed by atoms with Crippen molar-refractivity contribution in [3.8, 4) is 0 Å². The average Bonchev–Trinajstić information content (AvgIpc) is 2.24. The maximum atomic E-state index is 5.81. The lowest BCUT2D eigenvalue weighted by molar-refractivity contribution is 1.00. The molecule has 15 heavy (non-hydrogen) atoms. The Morgan fingerprint density at radius 3 is 2.53 bits per heavy atom. The maximum Gasteiger partial charge on any atom is 0.0759 e. The summed E-state index contributed by atoms with van der Waals surface area (Å²) in [5.41, 5.74) is 3.07. The zero-order valence-electron chi connectivity index (χ0n) is 10.1. The molecule has 2 radical (unpaired) electrons. The molecule has 0 amide bonds. The summed E-state index contributed by atoms with van der Waals surface area (Å²) in [6.45, 7) is 13.6. The molecule has 0 N–H and O–H groups in total. The van der Waals surface area contributed by atoms with Gasteiger partial charge in [0.1, 0.15) is 0 Å². The van der Waals surface area contributed by atoms with E-state index in [2.05, 4.69) is 18.2 Å². The van der Waals surface area contributed by atoms with Gasteiger partial charge in [-0.2, -0.15) is 0 Å². The number of allylic oxidation sites excluding steroid dienone is 4. The minimum absolute atomic E-state index is 0.00348. The third kappa shape index (κ3) is 5.41. The van der Waals surface area contributed by atoms with E-state index in [1.54, 1.807) is 6.08 Å². The molecular formula is C13H20BN. The average molecular weight is 201 g/mol. The van der Waals surface area contributed by atoms with Crippen molar-refractivity contribution < 1.29 is 0 Å². The highest BCUT2D eigenvalue weighted by Gasteiger charge is 2.04. The first-order valence-electron chi connectivity index (χ1n) is 5.31. The van der Waals surface area contributed by atoms with E-state index in [4.69, 9.17) is 7.85 Å². The maximum absolute atomic E-state index is 5.81. The largest absolute Gasteiger partial charge is 0.259 e. The Bertz CT molecular complexity index is 287.